The highest BCUT2D eigenvalue weighted by Gasteiger charge is 2.44. The summed E-state index contributed by atoms with van der Waals surface area (Å²) < 4.78 is 0. The lowest BCUT2D eigenvalue weighted by Gasteiger charge is -2.11. The number of carboxylic acids is 1. The van der Waals surface area contributed by atoms with E-state index in [9.17, 15) is 9.59 Å². The molecule has 1 fully saturated rings. The highest BCUT2D eigenvalue weighted by atomic mass is 35.5. The summed E-state index contributed by atoms with van der Waals surface area (Å²) in [6.07, 6.45) is 2.11. The van der Waals surface area contributed by atoms with Gasteiger partial charge in [-0.2, -0.15) is 11.8 Å². The van der Waals surface area contributed by atoms with Gasteiger partial charge in [-0.15, -0.1) is 0 Å². The summed E-state index contributed by atoms with van der Waals surface area (Å²) in [7, 11) is 0. The third kappa shape index (κ3) is 4.72. The van der Waals surface area contributed by atoms with Gasteiger partial charge < -0.3 is 10.4 Å². The predicted octanol–water partition coefficient (Wildman–Crippen LogP) is 3.27. The Morgan fingerprint density at radius 3 is 2.50 bits per heavy atom. The minimum absolute atomic E-state index is 0.0724. The minimum Gasteiger partial charge on any atom is -0.481 e. The van der Waals surface area contributed by atoms with E-state index in [0.717, 1.165) is 18.6 Å². The molecule has 0 radical (unpaired) electrons. The van der Waals surface area contributed by atoms with Gasteiger partial charge in [0.05, 0.1) is 12.2 Å². The van der Waals surface area contributed by atoms with Crippen LogP contribution in [0.25, 0.3) is 0 Å². The molecule has 1 aromatic rings. The number of amides is 1. The van der Waals surface area contributed by atoms with E-state index in [0.29, 0.717) is 16.5 Å². The summed E-state index contributed by atoms with van der Waals surface area (Å²) in [5.74, 6) is 0.231. The number of halogens is 1. The summed E-state index contributed by atoms with van der Waals surface area (Å²) in [5, 5.41) is 12.2. The van der Waals surface area contributed by atoms with Gasteiger partial charge in [-0.1, -0.05) is 11.6 Å². The standard InChI is InChI=1S/C14H16ClNO3S/c15-10-1-3-11(4-2-10)16-12(17)8-20-9-14(5-6-14)7-13(18)19/h1-4H,5-9H2,(H,16,17)(H,18,19). The van der Waals surface area contributed by atoms with Crippen molar-refractivity contribution in [3.63, 3.8) is 0 Å². The number of carbonyl (C=O) groups excluding carboxylic acids is 1. The molecule has 0 bridgehead atoms. The summed E-state index contributed by atoms with van der Waals surface area (Å²) in [6.45, 7) is 0. The first kappa shape index (κ1) is 15.2. The van der Waals surface area contributed by atoms with Gasteiger partial charge in [0.15, 0.2) is 0 Å². The van der Waals surface area contributed by atoms with E-state index in [4.69, 9.17) is 16.7 Å². The van der Waals surface area contributed by atoms with Gasteiger partial charge in [0.1, 0.15) is 0 Å². The lowest BCUT2D eigenvalue weighted by molar-refractivity contribution is -0.138. The summed E-state index contributed by atoms with van der Waals surface area (Å²) in [5.41, 5.74) is 0.642. The van der Waals surface area contributed by atoms with Gasteiger partial charge in [0.2, 0.25) is 5.91 Å². The second-order valence-electron chi connectivity index (χ2n) is 5.12. The average Bonchev–Trinajstić information content (AvgIpc) is 3.11. The molecule has 1 aliphatic rings. The normalized spacial score (nSPS) is 15.7. The lowest BCUT2D eigenvalue weighted by Crippen LogP contribution is -2.17. The van der Waals surface area contributed by atoms with Crippen LogP contribution in [0.4, 0.5) is 5.69 Å². The lowest BCUT2D eigenvalue weighted by atomic mass is 10.1. The molecule has 4 nitrogen and oxygen atoms in total. The van der Waals surface area contributed by atoms with Gasteiger partial charge in [-0.25, -0.2) is 0 Å². The molecule has 2 N–H and O–H groups in total. The van der Waals surface area contributed by atoms with Gasteiger partial charge in [0, 0.05) is 10.7 Å². The number of aliphatic carboxylic acids is 1. The van der Waals surface area contributed by atoms with Crippen molar-refractivity contribution in [2.45, 2.75) is 19.3 Å². The van der Waals surface area contributed by atoms with Gasteiger partial charge >= 0.3 is 5.97 Å². The molecule has 0 spiro atoms. The largest absolute Gasteiger partial charge is 0.481 e. The monoisotopic (exact) mass is 313 g/mol. The number of thioether (sulfide) groups is 1. The molecule has 0 saturated heterocycles. The third-order valence-corrected chi connectivity index (χ3v) is 4.79. The Hall–Kier alpha value is -1.20. The average molecular weight is 314 g/mol. The molecule has 6 heteroatoms. The van der Waals surface area contributed by atoms with Crippen LogP contribution >= 0.6 is 23.4 Å². The molecular formula is C14H16ClNO3S. The van der Waals surface area contributed by atoms with Gasteiger partial charge in [0.25, 0.3) is 0 Å². The number of hydrogen-bond donors (Lipinski definition) is 2. The van der Waals surface area contributed by atoms with Crippen molar-refractivity contribution in [1.82, 2.24) is 0 Å². The molecule has 1 saturated carbocycles. The molecule has 2 rings (SSSR count). The van der Waals surface area contributed by atoms with Gasteiger partial charge in [-0.3, -0.25) is 9.59 Å². The zero-order chi connectivity index (χ0) is 14.6. The minimum atomic E-state index is -0.756. The van der Waals surface area contributed by atoms with Crippen molar-refractivity contribution < 1.29 is 14.7 Å². The molecule has 1 aliphatic carbocycles. The van der Waals surface area contributed by atoms with E-state index >= 15 is 0 Å². The van der Waals surface area contributed by atoms with E-state index < -0.39 is 5.97 Å². The van der Waals surface area contributed by atoms with Crippen molar-refractivity contribution in [3.8, 4) is 0 Å². The molecular weight excluding hydrogens is 298 g/mol. The van der Waals surface area contributed by atoms with Gasteiger partial charge in [-0.05, 0) is 48.3 Å². The van der Waals surface area contributed by atoms with Crippen LogP contribution in [0, 0.1) is 5.41 Å². The first-order valence-corrected chi connectivity index (χ1v) is 7.87. The molecule has 0 atom stereocenters. The Labute approximate surface area is 126 Å². The first-order valence-electron chi connectivity index (χ1n) is 6.34. The van der Waals surface area contributed by atoms with E-state index in [2.05, 4.69) is 5.32 Å². The number of hydrogen-bond acceptors (Lipinski definition) is 3. The maximum Gasteiger partial charge on any atom is 0.303 e. The molecule has 1 aromatic carbocycles. The summed E-state index contributed by atoms with van der Waals surface area (Å²) in [6, 6.07) is 6.93. The number of anilines is 1. The molecule has 108 valence electrons. The van der Waals surface area contributed by atoms with Crippen molar-refractivity contribution in [2.24, 2.45) is 5.41 Å². The zero-order valence-corrected chi connectivity index (χ0v) is 12.5. The Bertz CT molecular complexity index is 500. The second-order valence-corrected chi connectivity index (χ2v) is 6.54. The van der Waals surface area contributed by atoms with E-state index in [1.807, 2.05) is 0 Å². The second kappa shape index (κ2) is 6.50. The van der Waals surface area contributed by atoms with Crippen LogP contribution in [-0.4, -0.2) is 28.5 Å². The SMILES string of the molecule is O=C(O)CC1(CSCC(=O)Nc2ccc(Cl)cc2)CC1. The fourth-order valence-corrected chi connectivity index (χ4v) is 3.27. The number of benzene rings is 1. The zero-order valence-electron chi connectivity index (χ0n) is 10.9. The number of carbonyl (C=O) groups is 2. The summed E-state index contributed by atoms with van der Waals surface area (Å²) >= 11 is 7.26. The predicted molar refractivity (Wildman–Crippen MR) is 81.3 cm³/mol. The van der Waals surface area contributed by atoms with Crippen LogP contribution in [-0.2, 0) is 9.59 Å². The summed E-state index contributed by atoms with van der Waals surface area (Å²) in [4.78, 5) is 22.5. The van der Waals surface area contributed by atoms with Crippen LogP contribution in [0.2, 0.25) is 5.02 Å². The number of rotatable bonds is 7. The van der Waals surface area contributed by atoms with Crippen molar-refractivity contribution >= 4 is 40.9 Å². The molecule has 1 amide bonds. The maximum absolute atomic E-state index is 11.7. The Balaban J connectivity index is 1.70. The van der Waals surface area contributed by atoms with Crippen LogP contribution in [0.3, 0.4) is 0 Å². The fraction of sp³-hybridized carbons (Fsp3) is 0.429. The number of carboxylic acid groups (broad SMARTS) is 1. The molecule has 0 aliphatic heterocycles. The van der Waals surface area contributed by atoms with E-state index in [1.54, 1.807) is 24.3 Å². The first-order chi connectivity index (χ1) is 9.49. The highest BCUT2D eigenvalue weighted by Crippen LogP contribution is 2.50. The number of nitrogens with one attached hydrogen (secondary N) is 1. The highest BCUT2D eigenvalue weighted by molar-refractivity contribution is 8.00. The van der Waals surface area contributed by atoms with Crippen molar-refractivity contribution in [2.75, 3.05) is 16.8 Å². The van der Waals surface area contributed by atoms with Crippen LogP contribution in [0.5, 0.6) is 0 Å². The molecule has 0 unspecified atom stereocenters. The van der Waals surface area contributed by atoms with Crippen molar-refractivity contribution in [1.29, 1.82) is 0 Å². The van der Waals surface area contributed by atoms with Crippen LogP contribution < -0.4 is 5.32 Å². The third-order valence-electron chi connectivity index (χ3n) is 3.25. The Kier molecular flexibility index (Phi) is 4.94. The van der Waals surface area contributed by atoms with Crippen molar-refractivity contribution in [3.05, 3.63) is 29.3 Å². The maximum atomic E-state index is 11.7. The molecule has 0 aromatic heterocycles. The topological polar surface area (TPSA) is 66.4 Å². The quantitative estimate of drug-likeness (QED) is 0.811. The molecule has 0 heterocycles. The Morgan fingerprint density at radius 1 is 1.30 bits per heavy atom. The molecule has 20 heavy (non-hydrogen) atoms. The fourth-order valence-electron chi connectivity index (χ4n) is 1.96. The van der Waals surface area contributed by atoms with E-state index in [1.165, 1.54) is 11.8 Å². The Morgan fingerprint density at radius 2 is 1.95 bits per heavy atom. The van der Waals surface area contributed by atoms with Crippen LogP contribution in [0.15, 0.2) is 24.3 Å². The smallest absolute Gasteiger partial charge is 0.303 e. The van der Waals surface area contributed by atoms with E-state index in [-0.39, 0.29) is 17.7 Å². The van der Waals surface area contributed by atoms with Crippen LogP contribution in [0.1, 0.15) is 19.3 Å².